The maximum absolute atomic E-state index is 10.7. The molecule has 0 fully saturated rings. The van der Waals surface area contributed by atoms with Gasteiger partial charge >= 0.3 is 5.97 Å². The van der Waals surface area contributed by atoms with Crippen molar-refractivity contribution >= 4 is 5.97 Å². The van der Waals surface area contributed by atoms with Crippen LogP contribution in [-0.4, -0.2) is 21.8 Å². The lowest BCUT2D eigenvalue weighted by molar-refractivity contribution is -0.142. The standard InChI is InChI=1S/C11H22O3/c1-4-9(10(12)13)7-5-6-8-11(2,3)14/h9,14H,4-8H2,1-3H3,(H,12,13). The van der Waals surface area contributed by atoms with Crippen molar-refractivity contribution in [2.24, 2.45) is 5.92 Å². The highest BCUT2D eigenvalue weighted by atomic mass is 16.4. The number of carboxylic acid groups (broad SMARTS) is 1. The average Bonchev–Trinajstić information content (AvgIpc) is 2.01. The molecule has 0 amide bonds. The molecule has 0 spiro atoms. The van der Waals surface area contributed by atoms with Crippen LogP contribution in [0, 0.1) is 5.92 Å². The van der Waals surface area contributed by atoms with E-state index in [0.717, 1.165) is 25.7 Å². The largest absolute Gasteiger partial charge is 0.481 e. The number of hydrogen-bond donors (Lipinski definition) is 2. The molecule has 14 heavy (non-hydrogen) atoms. The fraction of sp³-hybridized carbons (Fsp3) is 0.909. The molecule has 0 aliphatic carbocycles. The second-order valence-corrected chi connectivity index (χ2v) is 4.50. The maximum Gasteiger partial charge on any atom is 0.306 e. The van der Waals surface area contributed by atoms with Crippen LogP contribution in [-0.2, 0) is 4.79 Å². The Balaban J connectivity index is 3.58. The Kier molecular flexibility index (Phi) is 5.77. The summed E-state index contributed by atoms with van der Waals surface area (Å²) in [5, 5.41) is 18.2. The van der Waals surface area contributed by atoms with Gasteiger partial charge < -0.3 is 10.2 Å². The molecule has 3 nitrogen and oxygen atoms in total. The summed E-state index contributed by atoms with van der Waals surface area (Å²) in [6, 6.07) is 0. The third kappa shape index (κ3) is 6.89. The first kappa shape index (κ1) is 13.4. The van der Waals surface area contributed by atoms with Gasteiger partial charge in [-0.05, 0) is 33.1 Å². The number of hydrogen-bond acceptors (Lipinski definition) is 2. The molecular weight excluding hydrogens is 180 g/mol. The van der Waals surface area contributed by atoms with E-state index in [1.165, 1.54) is 0 Å². The highest BCUT2D eigenvalue weighted by Gasteiger charge is 2.16. The van der Waals surface area contributed by atoms with Crippen molar-refractivity contribution in [2.45, 2.75) is 58.5 Å². The van der Waals surface area contributed by atoms with E-state index in [4.69, 9.17) is 5.11 Å². The summed E-state index contributed by atoms with van der Waals surface area (Å²) in [6.45, 7) is 5.46. The van der Waals surface area contributed by atoms with Crippen molar-refractivity contribution in [3.05, 3.63) is 0 Å². The van der Waals surface area contributed by atoms with Crippen LogP contribution in [0.25, 0.3) is 0 Å². The average molecular weight is 202 g/mol. The predicted molar refractivity (Wildman–Crippen MR) is 56.2 cm³/mol. The van der Waals surface area contributed by atoms with E-state index in [1.807, 2.05) is 6.92 Å². The van der Waals surface area contributed by atoms with Crippen LogP contribution in [0.3, 0.4) is 0 Å². The lowest BCUT2D eigenvalue weighted by Gasteiger charge is -2.17. The summed E-state index contributed by atoms with van der Waals surface area (Å²) < 4.78 is 0. The number of carboxylic acids is 1. The zero-order valence-electron chi connectivity index (χ0n) is 9.42. The summed E-state index contributed by atoms with van der Waals surface area (Å²) >= 11 is 0. The molecular formula is C11H22O3. The summed E-state index contributed by atoms with van der Waals surface area (Å²) in [6.07, 6.45) is 3.94. The van der Waals surface area contributed by atoms with Crippen molar-refractivity contribution in [3.63, 3.8) is 0 Å². The minimum atomic E-state index is -0.698. The summed E-state index contributed by atoms with van der Waals surface area (Å²) in [7, 11) is 0. The van der Waals surface area contributed by atoms with Crippen LogP contribution in [0.1, 0.15) is 52.9 Å². The lowest BCUT2D eigenvalue weighted by Crippen LogP contribution is -2.18. The van der Waals surface area contributed by atoms with E-state index < -0.39 is 11.6 Å². The first-order valence-corrected chi connectivity index (χ1v) is 5.32. The zero-order valence-corrected chi connectivity index (χ0v) is 9.42. The molecule has 84 valence electrons. The Bertz CT molecular complexity index is 170. The topological polar surface area (TPSA) is 57.5 Å². The van der Waals surface area contributed by atoms with Crippen LogP contribution >= 0.6 is 0 Å². The van der Waals surface area contributed by atoms with E-state index in [0.29, 0.717) is 6.42 Å². The number of aliphatic carboxylic acids is 1. The molecule has 0 radical (unpaired) electrons. The van der Waals surface area contributed by atoms with Gasteiger partial charge in [0.2, 0.25) is 0 Å². The van der Waals surface area contributed by atoms with Gasteiger partial charge in [0.05, 0.1) is 11.5 Å². The minimum Gasteiger partial charge on any atom is -0.481 e. The van der Waals surface area contributed by atoms with Gasteiger partial charge in [0.25, 0.3) is 0 Å². The number of aliphatic hydroxyl groups is 1. The van der Waals surface area contributed by atoms with Gasteiger partial charge in [-0.15, -0.1) is 0 Å². The lowest BCUT2D eigenvalue weighted by atomic mass is 9.95. The third-order valence-corrected chi connectivity index (χ3v) is 2.43. The molecule has 1 atom stereocenters. The Hall–Kier alpha value is -0.570. The van der Waals surface area contributed by atoms with Gasteiger partial charge in [-0.3, -0.25) is 4.79 Å². The van der Waals surface area contributed by atoms with Gasteiger partial charge in [0.15, 0.2) is 0 Å². The normalized spacial score (nSPS) is 14.0. The molecule has 0 aliphatic rings. The van der Waals surface area contributed by atoms with Crippen LogP contribution in [0.4, 0.5) is 0 Å². The van der Waals surface area contributed by atoms with Crippen molar-refractivity contribution < 1.29 is 15.0 Å². The van der Waals surface area contributed by atoms with Crippen molar-refractivity contribution in [1.29, 1.82) is 0 Å². The molecule has 0 aromatic rings. The van der Waals surface area contributed by atoms with E-state index in [-0.39, 0.29) is 5.92 Å². The highest BCUT2D eigenvalue weighted by molar-refractivity contribution is 5.69. The summed E-state index contributed by atoms with van der Waals surface area (Å²) in [5.41, 5.74) is -0.620. The Morgan fingerprint density at radius 2 is 1.93 bits per heavy atom. The summed E-state index contributed by atoms with van der Waals surface area (Å²) in [5.74, 6) is -0.910. The van der Waals surface area contributed by atoms with Crippen LogP contribution in [0.2, 0.25) is 0 Å². The van der Waals surface area contributed by atoms with Gasteiger partial charge in [0, 0.05) is 0 Å². The first-order chi connectivity index (χ1) is 6.37. The van der Waals surface area contributed by atoms with E-state index in [1.54, 1.807) is 13.8 Å². The molecule has 3 heteroatoms. The molecule has 1 unspecified atom stereocenters. The maximum atomic E-state index is 10.7. The SMILES string of the molecule is CCC(CCCCC(C)(C)O)C(=O)O. The Morgan fingerprint density at radius 3 is 2.29 bits per heavy atom. The highest BCUT2D eigenvalue weighted by Crippen LogP contribution is 2.17. The molecule has 0 aromatic carbocycles. The minimum absolute atomic E-state index is 0.211. The van der Waals surface area contributed by atoms with Crippen LogP contribution in [0.15, 0.2) is 0 Å². The number of rotatable bonds is 7. The second-order valence-electron chi connectivity index (χ2n) is 4.50. The quantitative estimate of drug-likeness (QED) is 0.623. The van der Waals surface area contributed by atoms with Gasteiger partial charge in [-0.25, -0.2) is 0 Å². The van der Waals surface area contributed by atoms with Crippen molar-refractivity contribution in [3.8, 4) is 0 Å². The number of carbonyl (C=O) groups is 1. The van der Waals surface area contributed by atoms with Gasteiger partial charge in [-0.2, -0.15) is 0 Å². The van der Waals surface area contributed by atoms with Crippen molar-refractivity contribution in [2.75, 3.05) is 0 Å². The Labute approximate surface area is 86.1 Å². The fourth-order valence-corrected chi connectivity index (χ4v) is 1.45. The predicted octanol–water partition coefficient (Wildman–Crippen LogP) is 2.43. The van der Waals surface area contributed by atoms with Crippen molar-refractivity contribution in [1.82, 2.24) is 0 Å². The Morgan fingerprint density at radius 1 is 1.36 bits per heavy atom. The fourth-order valence-electron chi connectivity index (χ4n) is 1.45. The molecule has 0 rings (SSSR count). The van der Waals surface area contributed by atoms with Crippen LogP contribution in [0.5, 0.6) is 0 Å². The zero-order chi connectivity index (χ0) is 11.2. The third-order valence-electron chi connectivity index (χ3n) is 2.43. The van der Waals surface area contributed by atoms with E-state index in [9.17, 15) is 9.90 Å². The van der Waals surface area contributed by atoms with E-state index >= 15 is 0 Å². The van der Waals surface area contributed by atoms with E-state index in [2.05, 4.69) is 0 Å². The van der Waals surface area contributed by atoms with Crippen LogP contribution < -0.4 is 0 Å². The molecule has 0 saturated heterocycles. The van der Waals surface area contributed by atoms with Gasteiger partial charge in [0.1, 0.15) is 0 Å². The molecule has 0 heterocycles. The first-order valence-electron chi connectivity index (χ1n) is 5.32. The molecule has 0 saturated carbocycles. The molecule has 0 aromatic heterocycles. The second kappa shape index (κ2) is 6.02. The number of unbranched alkanes of at least 4 members (excludes halogenated alkanes) is 1. The molecule has 2 N–H and O–H groups in total. The summed E-state index contributed by atoms with van der Waals surface area (Å²) in [4.78, 5) is 10.7. The smallest absolute Gasteiger partial charge is 0.306 e. The monoisotopic (exact) mass is 202 g/mol. The molecule has 0 bridgehead atoms. The molecule has 0 aliphatic heterocycles. The van der Waals surface area contributed by atoms with Gasteiger partial charge in [-0.1, -0.05) is 19.8 Å².